The molecule has 0 saturated heterocycles. The van der Waals surface area contributed by atoms with E-state index in [1.807, 2.05) is 62.4 Å². The fourth-order valence-corrected chi connectivity index (χ4v) is 3.26. The Morgan fingerprint density at radius 2 is 1.71 bits per heavy atom. The van der Waals surface area contributed by atoms with Crippen molar-refractivity contribution in [3.8, 4) is 22.6 Å². The van der Waals surface area contributed by atoms with Gasteiger partial charge in [0.05, 0.1) is 23.9 Å². The van der Waals surface area contributed by atoms with Gasteiger partial charge in [-0.2, -0.15) is 5.10 Å². The van der Waals surface area contributed by atoms with Gasteiger partial charge in [0.15, 0.2) is 11.3 Å². The van der Waals surface area contributed by atoms with Gasteiger partial charge >= 0.3 is 5.97 Å². The van der Waals surface area contributed by atoms with Crippen LogP contribution in [0.5, 0.6) is 5.75 Å². The number of aromatic nitrogens is 3. The molecule has 6 heteroatoms. The van der Waals surface area contributed by atoms with E-state index >= 15 is 0 Å². The number of benzene rings is 2. The number of carbonyl (C=O) groups is 1. The van der Waals surface area contributed by atoms with Gasteiger partial charge in [-0.25, -0.2) is 14.5 Å². The highest BCUT2D eigenvalue weighted by atomic mass is 16.5. The molecular formula is C22H19N3O3. The number of carboxylic acids is 1. The zero-order chi connectivity index (χ0) is 19.8. The number of nitrogens with zero attached hydrogens (tertiary/aromatic N) is 3. The highest BCUT2D eigenvalue weighted by molar-refractivity contribution is 5.99. The fourth-order valence-electron chi connectivity index (χ4n) is 3.26. The molecule has 1 N–H and O–H groups in total. The number of carboxylic acid groups (broad SMARTS) is 1. The first kappa shape index (κ1) is 17.7. The first-order valence-corrected chi connectivity index (χ1v) is 8.83. The van der Waals surface area contributed by atoms with E-state index in [2.05, 4.69) is 10.1 Å². The summed E-state index contributed by atoms with van der Waals surface area (Å²) in [4.78, 5) is 16.1. The Morgan fingerprint density at radius 3 is 2.32 bits per heavy atom. The number of rotatable bonds is 4. The third-order valence-electron chi connectivity index (χ3n) is 4.71. The van der Waals surface area contributed by atoms with E-state index in [1.54, 1.807) is 17.9 Å². The molecule has 0 atom stereocenters. The smallest absolute Gasteiger partial charge is 0.354 e. The highest BCUT2D eigenvalue weighted by Crippen LogP contribution is 2.33. The van der Waals surface area contributed by atoms with Crippen molar-refractivity contribution >= 4 is 17.0 Å². The maximum Gasteiger partial charge on any atom is 0.354 e. The van der Waals surface area contributed by atoms with Crippen LogP contribution in [-0.4, -0.2) is 33.0 Å². The number of hydrogen-bond acceptors (Lipinski definition) is 4. The molecular weight excluding hydrogens is 354 g/mol. The molecule has 6 nitrogen and oxygen atoms in total. The average Bonchev–Trinajstić information content (AvgIpc) is 3.04. The van der Waals surface area contributed by atoms with Crippen LogP contribution in [0.3, 0.4) is 0 Å². The lowest BCUT2D eigenvalue weighted by atomic mass is 10.0. The molecule has 0 fully saturated rings. The van der Waals surface area contributed by atoms with E-state index in [0.29, 0.717) is 5.65 Å². The Balaban J connectivity index is 2.01. The molecule has 0 spiro atoms. The standard InChI is InChI=1S/C22H19N3O3/c1-13-4-8-16(9-5-13)25-21-20(14(2)24-25)18(12-19(23-21)22(26)27)15-6-10-17(28-3)11-7-15/h4-12H,1-3H3,(H,26,27). The molecule has 2 heterocycles. The van der Waals surface area contributed by atoms with Crippen molar-refractivity contribution in [1.82, 2.24) is 14.8 Å². The first-order chi connectivity index (χ1) is 13.5. The molecule has 0 aliphatic rings. The lowest BCUT2D eigenvalue weighted by molar-refractivity contribution is 0.0691. The lowest BCUT2D eigenvalue weighted by Crippen LogP contribution is -2.04. The SMILES string of the molecule is COc1ccc(-c2cc(C(=O)O)nc3c2c(C)nn3-c2ccc(C)cc2)cc1. The van der Waals surface area contributed by atoms with E-state index in [0.717, 1.165) is 39.2 Å². The van der Waals surface area contributed by atoms with Crippen molar-refractivity contribution in [1.29, 1.82) is 0 Å². The second kappa shape index (κ2) is 6.81. The van der Waals surface area contributed by atoms with Crippen LogP contribution in [0.25, 0.3) is 27.8 Å². The van der Waals surface area contributed by atoms with E-state index in [1.165, 1.54) is 0 Å². The maximum atomic E-state index is 11.7. The normalized spacial score (nSPS) is 11.0. The number of aryl methyl sites for hydroxylation is 2. The number of hydrogen-bond donors (Lipinski definition) is 1. The topological polar surface area (TPSA) is 77.2 Å². The van der Waals surface area contributed by atoms with Crippen molar-refractivity contribution in [2.24, 2.45) is 0 Å². The summed E-state index contributed by atoms with van der Waals surface area (Å²) in [5.41, 5.74) is 4.90. The molecule has 2 aromatic carbocycles. The maximum absolute atomic E-state index is 11.7. The molecule has 0 saturated carbocycles. The summed E-state index contributed by atoms with van der Waals surface area (Å²) in [5.74, 6) is -0.342. The van der Waals surface area contributed by atoms with Gasteiger partial charge in [0, 0.05) is 0 Å². The van der Waals surface area contributed by atoms with Crippen LogP contribution >= 0.6 is 0 Å². The van der Waals surface area contributed by atoms with Gasteiger partial charge in [0.1, 0.15) is 5.75 Å². The number of aromatic carboxylic acids is 1. The predicted octanol–water partition coefficient (Wildman–Crippen LogP) is 4.41. The van der Waals surface area contributed by atoms with Crippen LogP contribution in [0.1, 0.15) is 21.7 Å². The summed E-state index contributed by atoms with van der Waals surface area (Å²) >= 11 is 0. The van der Waals surface area contributed by atoms with Gasteiger partial charge in [-0.3, -0.25) is 0 Å². The number of pyridine rings is 1. The van der Waals surface area contributed by atoms with Crippen LogP contribution in [0, 0.1) is 13.8 Å². The Labute approximate surface area is 162 Å². The van der Waals surface area contributed by atoms with Gasteiger partial charge in [-0.05, 0) is 55.3 Å². The van der Waals surface area contributed by atoms with Crippen molar-refractivity contribution in [3.63, 3.8) is 0 Å². The van der Waals surface area contributed by atoms with Crippen molar-refractivity contribution in [3.05, 3.63) is 71.5 Å². The quantitative estimate of drug-likeness (QED) is 0.573. The van der Waals surface area contributed by atoms with Gasteiger partial charge < -0.3 is 9.84 Å². The molecule has 0 aliphatic heterocycles. The van der Waals surface area contributed by atoms with E-state index in [-0.39, 0.29) is 5.69 Å². The van der Waals surface area contributed by atoms with Crippen LogP contribution in [-0.2, 0) is 0 Å². The molecule has 0 radical (unpaired) electrons. The third kappa shape index (κ3) is 2.99. The Kier molecular flexibility index (Phi) is 4.31. The molecule has 2 aromatic heterocycles. The number of methoxy groups -OCH3 is 1. The summed E-state index contributed by atoms with van der Waals surface area (Å²) in [6, 6.07) is 17.0. The van der Waals surface area contributed by atoms with Crippen molar-refractivity contribution in [2.75, 3.05) is 7.11 Å². The summed E-state index contributed by atoms with van der Waals surface area (Å²) in [6.45, 7) is 3.92. The van der Waals surface area contributed by atoms with Crippen LogP contribution in [0.4, 0.5) is 0 Å². The molecule has 0 amide bonds. The molecule has 0 aliphatic carbocycles. The van der Waals surface area contributed by atoms with Crippen molar-refractivity contribution in [2.45, 2.75) is 13.8 Å². The van der Waals surface area contributed by atoms with Crippen LogP contribution in [0.15, 0.2) is 54.6 Å². The second-order valence-corrected chi connectivity index (χ2v) is 6.62. The first-order valence-electron chi connectivity index (χ1n) is 8.83. The van der Waals surface area contributed by atoms with Gasteiger partial charge in [-0.1, -0.05) is 29.8 Å². The summed E-state index contributed by atoms with van der Waals surface area (Å²) in [7, 11) is 1.61. The molecule has 28 heavy (non-hydrogen) atoms. The van der Waals surface area contributed by atoms with Crippen molar-refractivity contribution < 1.29 is 14.6 Å². The predicted molar refractivity (Wildman–Crippen MR) is 107 cm³/mol. The molecule has 4 rings (SSSR count). The van der Waals surface area contributed by atoms with Crippen LogP contribution in [0.2, 0.25) is 0 Å². The van der Waals surface area contributed by atoms with E-state index in [4.69, 9.17) is 4.74 Å². The number of ether oxygens (including phenoxy) is 1. The zero-order valence-corrected chi connectivity index (χ0v) is 15.8. The van der Waals surface area contributed by atoms with E-state index in [9.17, 15) is 9.90 Å². The highest BCUT2D eigenvalue weighted by Gasteiger charge is 2.19. The van der Waals surface area contributed by atoms with Gasteiger partial charge in [0.25, 0.3) is 0 Å². The largest absolute Gasteiger partial charge is 0.497 e. The molecule has 0 unspecified atom stereocenters. The van der Waals surface area contributed by atoms with Crippen LogP contribution < -0.4 is 4.74 Å². The Hall–Kier alpha value is -3.67. The Bertz CT molecular complexity index is 1180. The van der Waals surface area contributed by atoms with Gasteiger partial charge in [0.2, 0.25) is 0 Å². The van der Waals surface area contributed by atoms with Gasteiger partial charge in [-0.15, -0.1) is 0 Å². The summed E-state index contributed by atoms with van der Waals surface area (Å²) < 4.78 is 6.92. The monoisotopic (exact) mass is 373 g/mol. The van der Waals surface area contributed by atoms with E-state index < -0.39 is 5.97 Å². The zero-order valence-electron chi connectivity index (χ0n) is 15.8. The Morgan fingerprint density at radius 1 is 1.04 bits per heavy atom. The summed E-state index contributed by atoms with van der Waals surface area (Å²) in [6.07, 6.45) is 0. The third-order valence-corrected chi connectivity index (χ3v) is 4.71. The second-order valence-electron chi connectivity index (χ2n) is 6.62. The number of fused-ring (bicyclic) bond motifs is 1. The minimum absolute atomic E-state index is 0.0217. The lowest BCUT2D eigenvalue weighted by Gasteiger charge is -2.08. The minimum atomic E-state index is -1.08. The summed E-state index contributed by atoms with van der Waals surface area (Å²) in [5, 5.41) is 15.1. The molecule has 140 valence electrons. The fraction of sp³-hybridized carbons (Fsp3) is 0.136. The minimum Gasteiger partial charge on any atom is -0.497 e. The molecule has 0 bridgehead atoms. The average molecular weight is 373 g/mol. The molecule has 4 aromatic rings.